The largest absolute Gasteiger partial charge is 0.489 e. The van der Waals surface area contributed by atoms with E-state index >= 15 is 0 Å². The summed E-state index contributed by atoms with van der Waals surface area (Å²) in [5, 5.41) is 6.67. The van der Waals surface area contributed by atoms with E-state index < -0.39 is 0 Å². The van der Waals surface area contributed by atoms with Crippen LogP contribution in [-0.4, -0.2) is 26.2 Å². The van der Waals surface area contributed by atoms with Gasteiger partial charge in [-0.15, -0.1) is 0 Å². The van der Waals surface area contributed by atoms with Crippen molar-refractivity contribution in [2.45, 2.75) is 25.8 Å². The molecule has 0 spiro atoms. The monoisotopic (exact) mass is 220 g/mol. The Kier molecular flexibility index (Phi) is 3.34. The molecule has 3 heteroatoms. The van der Waals surface area contributed by atoms with Crippen LogP contribution in [0.3, 0.4) is 0 Å². The van der Waals surface area contributed by atoms with Crippen molar-refractivity contribution in [3.63, 3.8) is 0 Å². The van der Waals surface area contributed by atoms with Crippen LogP contribution >= 0.6 is 0 Å². The second-order valence-corrected chi connectivity index (χ2v) is 4.62. The van der Waals surface area contributed by atoms with E-state index in [-0.39, 0.29) is 0 Å². The Hall–Kier alpha value is -1.22. The second-order valence-electron chi connectivity index (χ2n) is 4.62. The lowest BCUT2D eigenvalue weighted by Gasteiger charge is -2.28. The molecule has 1 aromatic carbocycles. The minimum atomic E-state index is 0.361. The minimum absolute atomic E-state index is 0.361. The van der Waals surface area contributed by atoms with E-state index in [0.717, 1.165) is 24.6 Å². The quantitative estimate of drug-likeness (QED) is 0.819. The molecule has 0 radical (unpaired) electrons. The third-order valence-electron chi connectivity index (χ3n) is 2.92. The molecular weight excluding hydrogens is 200 g/mol. The van der Waals surface area contributed by atoms with Crippen molar-refractivity contribution in [1.29, 1.82) is 0 Å². The maximum Gasteiger partial charge on any atom is 0.142 e. The van der Waals surface area contributed by atoms with Gasteiger partial charge in [-0.1, -0.05) is 19.9 Å². The Morgan fingerprint density at radius 1 is 1.50 bits per heavy atom. The highest BCUT2D eigenvalue weighted by molar-refractivity contribution is 5.60. The SMILES string of the molecule is CNCC1COc2ccc(C(C)C)cc2N1. The van der Waals surface area contributed by atoms with Crippen molar-refractivity contribution in [1.82, 2.24) is 5.32 Å². The smallest absolute Gasteiger partial charge is 0.142 e. The lowest BCUT2D eigenvalue weighted by Crippen LogP contribution is -2.39. The number of anilines is 1. The zero-order chi connectivity index (χ0) is 11.5. The lowest BCUT2D eigenvalue weighted by molar-refractivity contribution is 0.282. The molecule has 3 nitrogen and oxygen atoms in total. The summed E-state index contributed by atoms with van der Waals surface area (Å²) in [5.74, 6) is 1.52. The van der Waals surface area contributed by atoms with Crippen LogP contribution < -0.4 is 15.4 Å². The lowest BCUT2D eigenvalue weighted by atomic mass is 10.0. The standard InChI is InChI=1S/C13H20N2O/c1-9(2)10-4-5-13-12(6-10)15-11(7-14-3)8-16-13/h4-6,9,11,14-15H,7-8H2,1-3H3. The van der Waals surface area contributed by atoms with Gasteiger partial charge >= 0.3 is 0 Å². The fourth-order valence-electron chi connectivity index (χ4n) is 1.95. The molecule has 0 bridgehead atoms. The highest BCUT2D eigenvalue weighted by Crippen LogP contribution is 2.31. The van der Waals surface area contributed by atoms with Gasteiger partial charge in [0.15, 0.2) is 0 Å². The summed E-state index contributed by atoms with van der Waals surface area (Å²) in [6.07, 6.45) is 0. The van der Waals surface area contributed by atoms with Gasteiger partial charge in [-0.3, -0.25) is 0 Å². The summed E-state index contributed by atoms with van der Waals surface area (Å²) >= 11 is 0. The molecule has 2 N–H and O–H groups in total. The molecule has 1 unspecified atom stereocenters. The molecule has 0 saturated heterocycles. The van der Waals surface area contributed by atoms with E-state index in [1.54, 1.807) is 0 Å². The fourth-order valence-corrected chi connectivity index (χ4v) is 1.95. The first-order chi connectivity index (χ1) is 7.70. The summed E-state index contributed by atoms with van der Waals surface area (Å²) in [6.45, 7) is 6.06. The molecule has 1 aliphatic rings. The van der Waals surface area contributed by atoms with Crippen molar-refractivity contribution in [3.8, 4) is 5.75 Å². The molecule has 0 aliphatic carbocycles. The Morgan fingerprint density at radius 3 is 3.00 bits per heavy atom. The first kappa shape index (κ1) is 11.3. The van der Waals surface area contributed by atoms with Crippen molar-refractivity contribution >= 4 is 5.69 Å². The van der Waals surface area contributed by atoms with Gasteiger partial charge in [0.2, 0.25) is 0 Å². The number of fused-ring (bicyclic) bond motifs is 1. The molecule has 1 aliphatic heterocycles. The van der Waals surface area contributed by atoms with Gasteiger partial charge in [-0.2, -0.15) is 0 Å². The molecule has 1 heterocycles. The normalized spacial score (nSPS) is 18.9. The van der Waals surface area contributed by atoms with Crippen LogP contribution in [0.5, 0.6) is 5.75 Å². The Labute approximate surface area is 97.2 Å². The van der Waals surface area contributed by atoms with Crippen LogP contribution in [0.4, 0.5) is 5.69 Å². The van der Waals surface area contributed by atoms with Crippen molar-refractivity contribution in [3.05, 3.63) is 23.8 Å². The molecular formula is C13H20N2O. The summed E-state index contributed by atoms with van der Waals surface area (Å²) in [5.41, 5.74) is 2.47. The molecule has 88 valence electrons. The summed E-state index contributed by atoms with van der Waals surface area (Å²) in [7, 11) is 1.96. The number of nitrogens with one attached hydrogen (secondary N) is 2. The first-order valence-corrected chi connectivity index (χ1v) is 5.88. The molecule has 0 saturated carbocycles. The van der Waals surface area contributed by atoms with Crippen LogP contribution in [0.2, 0.25) is 0 Å². The highest BCUT2D eigenvalue weighted by atomic mass is 16.5. The zero-order valence-electron chi connectivity index (χ0n) is 10.2. The molecule has 0 fully saturated rings. The Morgan fingerprint density at radius 2 is 2.31 bits per heavy atom. The van der Waals surface area contributed by atoms with Crippen LogP contribution in [0.25, 0.3) is 0 Å². The van der Waals surface area contributed by atoms with Crippen LogP contribution in [0.1, 0.15) is 25.3 Å². The number of benzene rings is 1. The number of hydrogen-bond donors (Lipinski definition) is 2. The molecule has 0 aromatic heterocycles. The Balaban J connectivity index is 2.18. The van der Waals surface area contributed by atoms with Gasteiger partial charge in [-0.25, -0.2) is 0 Å². The van der Waals surface area contributed by atoms with E-state index in [4.69, 9.17) is 4.74 Å². The molecule has 2 rings (SSSR count). The predicted octanol–water partition coefficient (Wildman–Crippen LogP) is 2.20. The van der Waals surface area contributed by atoms with Gasteiger partial charge in [0, 0.05) is 6.54 Å². The topological polar surface area (TPSA) is 33.3 Å². The van der Waals surface area contributed by atoms with Gasteiger partial charge in [0.05, 0.1) is 11.7 Å². The van der Waals surface area contributed by atoms with Crippen molar-refractivity contribution < 1.29 is 4.74 Å². The third-order valence-corrected chi connectivity index (χ3v) is 2.92. The Bertz CT molecular complexity index is 363. The first-order valence-electron chi connectivity index (χ1n) is 5.88. The summed E-state index contributed by atoms with van der Waals surface area (Å²) in [4.78, 5) is 0. The number of ether oxygens (including phenoxy) is 1. The molecule has 0 amide bonds. The molecule has 16 heavy (non-hydrogen) atoms. The van der Waals surface area contributed by atoms with E-state index in [1.807, 2.05) is 7.05 Å². The molecule has 1 aromatic rings. The highest BCUT2D eigenvalue weighted by Gasteiger charge is 2.18. The van der Waals surface area contributed by atoms with Crippen molar-refractivity contribution in [2.75, 3.05) is 25.5 Å². The number of likely N-dealkylation sites (N-methyl/N-ethyl adjacent to an activating group) is 1. The fraction of sp³-hybridized carbons (Fsp3) is 0.538. The zero-order valence-corrected chi connectivity index (χ0v) is 10.2. The van der Waals surface area contributed by atoms with E-state index in [9.17, 15) is 0 Å². The molecule has 1 atom stereocenters. The van der Waals surface area contributed by atoms with Gasteiger partial charge in [0.25, 0.3) is 0 Å². The van der Waals surface area contributed by atoms with Crippen LogP contribution in [0, 0.1) is 0 Å². The summed E-state index contributed by atoms with van der Waals surface area (Å²) < 4.78 is 5.72. The predicted molar refractivity (Wildman–Crippen MR) is 67.4 cm³/mol. The number of rotatable bonds is 3. The number of hydrogen-bond acceptors (Lipinski definition) is 3. The van der Waals surface area contributed by atoms with E-state index in [1.165, 1.54) is 5.56 Å². The van der Waals surface area contributed by atoms with E-state index in [2.05, 4.69) is 42.7 Å². The third kappa shape index (κ3) is 2.30. The van der Waals surface area contributed by atoms with Gasteiger partial charge in [-0.05, 0) is 30.7 Å². The maximum atomic E-state index is 5.72. The average Bonchev–Trinajstić information content (AvgIpc) is 2.28. The average molecular weight is 220 g/mol. The van der Waals surface area contributed by atoms with Gasteiger partial charge in [0.1, 0.15) is 12.4 Å². The second kappa shape index (κ2) is 4.74. The van der Waals surface area contributed by atoms with Crippen LogP contribution in [-0.2, 0) is 0 Å². The van der Waals surface area contributed by atoms with Gasteiger partial charge < -0.3 is 15.4 Å². The van der Waals surface area contributed by atoms with E-state index in [0.29, 0.717) is 12.0 Å². The van der Waals surface area contributed by atoms with Crippen molar-refractivity contribution in [2.24, 2.45) is 0 Å². The maximum absolute atomic E-state index is 5.72. The summed E-state index contributed by atoms with van der Waals surface area (Å²) in [6, 6.07) is 6.76. The minimum Gasteiger partial charge on any atom is -0.489 e. The van der Waals surface area contributed by atoms with Crippen LogP contribution in [0.15, 0.2) is 18.2 Å².